The predicted molar refractivity (Wildman–Crippen MR) is 50.1 cm³/mol. The summed E-state index contributed by atoms with van der Waals surface area (Å²) < 4.78 is 0. The van der Waals surface area contributed by atoms with Crippen LogP contribution in [0.5, 0.6) is 11.5 Å². The van der Waals surface area contributed by atoms with Crippen molar-refractivity contribution in [2.45, 2.75) is 26.7 Å². The van der Waals surface area contributed by atoms with Gasteiger partial charge >= 0.3 is 0 Å². The van der Waals surface area contributed by atoms with Crippen molar-refractivity contribution in [3.8, 4) is 11.5 Å². The van der Waals surface area contributed by atoms with Gasteiger partial charge in [-0.05, 0) is 25.0 Å². The second-order valence-electron chi connectivity index (χ2n) is 2.84. The smallest absolute Gasteiger partial charge is 0.168 e. The van der Waals surface area contributed by atoms with Gasteiger partial charge in [0.25, 0.3) is 0 Å². The molecular weight excluding hydrogens is 168 g/mol. The molecule has 0 amide bonds. The van der Waals surface area contributed by atoms with Crippen LogP contribution in [0.2, 0.25) is 0 Å². The Morgan fingerprint density at radius 1 is 1.15 bits per heavy atom. The number of hydrogen-bond acceptors (Lipinski definition) is 3. The zero-order valence-electron chi connectivity index (χ0n) is 7.87. The summed E-state index contributed by atoms with van der Waals surface area (Å²) in [7, 11) is 0. The van der Waals surface area contributed by atoms with Gasteiger partial charge in [-0.3, -0.25) is 0 Å². The van der Waals surface area contributed by atoms with Gasteiger partial charge in [-0.25, -0.2) is 5.26 Å². The molecule has 0 aromatic heterocycles. The molecule has 0 fully saturated rings. The standard InChI is InChI=1S/C10H14O3/c1-3-7-8(4-2)10(13-12)6-5-9(7)11/h5-6,11-12H,3-4H2,1-2H3. The maximum atomic E-state index is 9.51. The average Bonchev–Trinajstić information content (AvgIpc) is 2.17. The van der Waals surface area contributed by atoms with Crippen LogP contribution in [0.3, 0.4) is 0 Å². The van der Waals surface area contributed by atoms with E-state index >= 15 is 0 Å². The third-order valence-electron chi connectivity index (χ3n) is 2.17. The van der Waals surface area contributed by atoms with E-state index in [0.29, 0.717) is 5.75 Å². The molecule has 0 atom stereocenters. The van der Waals surface area contributed by atoms with E-state index in [1.807, 2.05) is 13.8 Å². The number of hydrogen-bond donors (Lipinski definition) is 2. The molecule has 0 spiro atoms. The molecule has 0 aliphatic heterocycles. The fraction of sp³-hybridized carbons (Fsp3) is 0.400. The lowest BCUT2D eigenvalue weighted by Crippen LogP contribution is -1.96. The van der Waals surface area contributed by atoms with E-state index in [2.05, 4.69) is 4.89 Å². The van der Waals surface area contributed by atoms with Crippen LogP contribution < -0.4 is 4.89 Å². The fourth-order valence-electron chi connectivity index (χ4n) is 1.53. The Morgan fingerprint density at radius 3 is 2.23 bits per heavy atom. The number of rotatable bonds is 3. The van der Waals surface area contributed by atoms with Crippen molar-refractivity contribution >= 4 is 0 Å². The highest BCUT2D eigenvalue weighted by Gasteiger charge is 2.10. The first-order chi connectivity index (χ1) is 6.24. The Labute approximate surface area is 77.5 Å². The fourth-order valence-corrected chi connectivity index (χ4v) is 1.53. The SMILES string of the molecule is CCc1c(O)ccc(OO)c1CC. The van der Waals surface area contributed by atoms with E-state index in [0.717, 1.165) is 24.0 Å². The van der Waals surface area contributed by atoms with Crippen LogP contribution in [0.1, 0.15) is 25.0 Å². The van der Waals surface area contributed by atoms with Crippen LogP contribution in [-0.4, -0.2) is 10.4 Å². The second-order valence-corrected chi connectivity index (χ2v) is 2.84. The molecule has 1 aromatic carbocycles. The summed E-state index contributed by atoms with van der Waals surface area (Å²) in [4.78, 5) is 4.22. The zero-order chi connectivity index (χ0) is 9.84. The highest BCUT2D eigenvalue weighted by molar-refractivity contribution is 5.47. The molecule has 1 aromatic rings. The summed E-state index contributed by atoms with van der Waals surface area (Å²) >= 11 is 0. The number of phenolic OH excluding ortho intramolecular Hbond substituents is 1. The quantitative estimate of drug-likeness (QED) is 0.557. The molecule has 0 aliphatic carbocycles. The molecule has 3 heteroatoms. The van der Waals surface area contributed by atoms with E-state index in [-0.39, 0.29) is 5.75 Å². The zero-order valence-corrected chi connectivity index (χ0v) is 7.87. The summed E-state index contributed by atoms with van der Waals surface area (Å²) in [5, 5.41) is 18.1. The molecule has 0 radical (unpaired) electrons. The first-order valence-corrected chi connectivity index (χ1v) is 4.39. The third kappa shape index (κ3) is 1.75. The molecule has 0 heterocycles. The van der Waals surface area contributed by atoms with Crippen molar-refractivity contribution in [1.29, 1.82) is 0 Å². The normalized spacial score (nSPS) is 10.1. The third-order valence-corrected chi connectivity index (χ3v) is 2.17. The van der Waals surface area contributed by atoms with Crippen LogP contribution in [-0.2, 0) is 12.8 Å². The topological polar surface area (TPSA) is 49.7 Å². The lowest BCUT2D eigenvalue weighted by Gasteiger charge is -2.10. The Hall–Kier alpha value is -1.22. The Kier molecular flexibility index (Phi) is 3.14. The summed E-state index contributed by atoms with van der Waals surface area (Å²) in [6.45, 7) is 3.91. The van der Waals surface area contributed by atoms with Gasteiger partial charge in [0, 0.05) is 11.1 Å². The van der Waals surface area contributed by atoms with Crippen molar-refractivity contribution in [3.63, 3.8) is 0 Å². The molecule has 72 valence electrons. The number of benzene rings is 1. The molecule has 0 bridgehead atoms. The molecule has 2 N–H and O–H groups in total. The van der Waals surface area contributed by atoms with E-state index in [1.54, 1.807) is 6.07 Å². The highest BCUT2D eigenvalue weighted by atomic mass is 17.1. The Bertz CT molecular complexity index is 294. The summed E-state index contributed by atoms with van der Waals surface area (Å²) in [5.41, 5.74) is 1.71. The van der Waals surface area contributed by atoms with E-state index in [9.17, 15) is 5.11 Å². The average molecular weight is 182 g/mol. The van der Waals surface area contributed by atoms with Gasteiger partial charge in [-0.1, -0.05) is 13.8 Å². The first kappa shape index (κ1) is 9.86. The van der Waals surface area contributed by atoms with Crippen molar-refractivity contribution in [1.82, 2.24) is 0 Å². The molecule has 0 saturated carbocycles. The van der Waals surface area contributed by atoms with Gasteiger partial charge in [0.15, 0.2) is 5.75 Å². The van der Waals surface area contributed by atoms with Gasteiger partial charge in [-0.15, -0.1) is 0 Å². The van der Waals surface area contributed by atoms with Crippen LogP contribution in [0.25, 0.3) is 0 Å². The molecule has 0 aliphatic rings. The predicted octanol–water partition coefficient (Wildman–Crippen LogP) is 2.37. The van der Waals surface area contributed by atoms with Crippen molar-refractivity contribution < 1.29 is 15.3 Å². The van der Waals surface area contributed by atoms with E-state index in [1.165, 1.54) is 6.07 Å². The summed E-state index contributed by atoms with van der Waals surface area (Å²) in [5.74, 6) is 0.692. The minimum Gasteiger partial charge on any atom is -0.508 e. The summed E-state index contributed by atoms with van der Waals surface area (Å²) in [6, 6.07) is 3.09. The highest BCUT2D eigenvalue weighted by Crippen LogP contribution is 2.30. The van der Waals surface area contributed by atoms with Crippen LogP contribution in [0.15, 0.2) is 12.1 Å². The van der Waals surface area contributed by atoms with E-state index < -0.39 is 0 Å². The van der Waals surface area contributed by atoms with Crippen LogP contribution in [0, 0.1) is 0 Å². The molecule has 0 saturated heterocycles. The lowest BCUT2D eigenvalue weighted by atomic mass is 10.0. The van der Waals surface area contributed by atoms with Gasteiger partial charge in [0.2, 0.25) is 0 Å². The molecule has 3 nitrogen and oxygen atoms in total. The van der Waals surface area contributed by atoms with Crippen molar-refractivity contribution in [2.75, 3.05) is 0 Å². The Morgan fingerprint density at radius 2 is 1.77 bits per heavy atom. The maximum Gasteiger partial charge on any atom is 0.168 e. The van der Waals surface area contributed by atoms with Gasteiger partial charge in [0.1, 0.15) is 5.75 Å². The van der Waals surface area contributed by atoms with Gasteiger partial charge < -0.3 is 9.99 Å². The summed E-state index contributed by atoms with van der Waals surface area (Å²) in [6.07, 6.45) is 1.46. The number of phenols is 1. The van der Waals surface area contributed by atoms with Gasteiger partial charge in [0.05, 0.1) is 0 Å². The van der Waals surface area contributed by atoms with Crippen LogP contribution >= 0.6 is 0 Å². The minimum absolute atomic E-state index is 0.264. The van der Waals surface area contributed by atoms with Crippen LogP contribution in [0.4, 0.5) is 0 Å². The second kappa shape index (κ2) is 4.14. The number of aromatic hydroxyl groups is 1. The monoisotopic (exact) mass is 182 g/mol. The first-order valence-electron chi connectivity index (χ1n) is 4.39. The van der Waals surface area contributed by atoms with Crippen molar-refractivity contribution in [3.05, 3.63) is 23.3 Å². The molecule has 0 unspecified atom stereocenters. The molecular formula is C10H14O3. The van der Waals surface area contributed by atoms with E-state index in [4.69, 9.17) is 5.26 Å². The lowest BCUT2D eigenvalue weighted by molar-refractivity contribution is -0.138. The Balaban J connectivity index is 3.27. The molecule has 13 heavy (non-hydrogen) atoms. The largest absolute Gasteiger partial charge is 0.508 e. The molecule has 1 rings (SSSR count). The minimum atomic E-state index is 0.264. The maximum absolute atomic E-state index is 9.51. The van der Waals surface area contributed by atoms with Gasteiger partial charge in [-0.2, -0.15) is 0 Å². The van der Waals surface area contributed by atoms with Crippen molar-refractivity contribution in [2.24, 2.45) is 0 Å².